The normalized spacial score (nSPS) is 13.1. The topological polar surface area (TPSA) is 115 Å². The van der Waals surface area contributed by atoms with E-state index in [1.807, 2.05) is 27.0 Å². The van der Waals surface area contributed by atoms with Crippen molar-refractivity contribution in [1.82, 2.24) is 24.7 Å². The van der Waals surface area contributed by atoms with E-state index >= 15 is 0 Å². The lowest BCUT2D eigenvalue weighted by molar-refractivity contribution is 0.224. The van der Waals surface area contributed by atoms with E-state index in [0.29, 0.717) is 46.1 Å². The number of nitrogens with zero attached hydrogens (tertiary/aromatic N) is 6. The highest BCUT2D eigenvalue weighted by molar-refractivity contribution is 7.90. The largest absolute Gasteiger partial charge is 0.353 e. The number of nitrogens with one attached hydrogen (secondary N) is 1. The fraction of sp³-hybridized carbons (Fsp3) is 0.296. The average Bonchev–Trinajstić information content (AvgIpc) is 3.44. The Labute approximate surface area is 225 Å². The third kappa shape index (κ3) is 5.42. The van der Waals surface area contributed by atoms with Crippen LogP contribution in [0.3, 0.4) is 0 Å². The summed E-state index contributed by atoms with van der Waals surface area (Å²) in [5.41, 5.74) is 6.12. The molecule has 3 aromatic heterocycles. The Hall–Kier alpha value is -4.06. The predicted octanol–water partition coefficient (Wildman–Crippen LogP) is 4.83. The van der Waals surface area contributed by atoms with Gasteiger partial charge in [0.25, 0.3) is 6.43 Å². The molecule has 5 rings (SSSR count). The van der Waals surface area contributed by atoms with Crippen LogP contribution in [-0.4, -0.2) is 51.5 Å². The number of anilines is 2. The van der Waals surface area contributed by atoms with E-state index in [1.165, 1.54) is 0 Å². The molecular weight excluding hydrogens is 524 g/mol. The molecule has 0 saturated heterocycles. The molecule has 0 fully saturated rings. The number of benzene rings is 1. The summed E-state index contributed by atoms with van der Waals surface area (Å²) in [6.45, 7) is 5.63. The van der Waals surface area contributed by atoms with Crippen molar-refractivity contribution in [1.29, 1.82) is 0 Å². The van der Waals surface area contributed by atoms with Gasteiger partial charge in [-0.2, -0.15) is 5.10 Å². The molecule has 9 nitrogen and oxygen atoms in total. The SMILES string of the molecule is Cc1cn(C)nc1-c1ccc(Nc2cc(Cc3cnc(C)c(C)n3)nc3c2N=C(C(F)F)C3)c(S(C)(=O)=O)c1. The van der Waals surface area contributed by atoms with Gasteiger partial charge in [0.2, 0.25) is 0 Å². The third-order valence-corrected chi connectivity index (χ3v) is 7.65. The second kappa shape index (κ2) is 9.92. The van der Waals surface area contributed by atoms with Gasteiger partial charge in [0.1, 0.15) is 5.69 Å². The first-order chi connectivity index (χ1) is 18.4. The Balaban J connectivity index is 1.59. The van der Waals surface area contributed by atoms with Crippen molar-refractivity contribution in [2.24, 2.45) is 12.0 Å². The van der Waals surface area contributed by atoms with Gasteiger partial charge in [-0.1, -0.05) is 6.07 Å². The first kappa shape index (κ1) is 26.5. The molecule has 39 heavy (non-hydrogen) atoms. The number of hydrogen-bond donors (Lipinski definition) is 1. The average molecular weight is 552 g/mol. The molecule has 0 atom stereocenters. The van der Waals surface area contributed by atoms with Crippen LogP contribution in [0.2, 0.25) is 0 Å². The van der Waals surface area contributed by atoms with Crippen LogP contribution >= 0.6 is 0 Å². The number of aliphatic imine (C=N–C) groups is 1. The zero-order valence-electron chi connectivity index (χ0n) is 22.1. The van der Waals surface area contributed by atoms with Crippen LogP contribution in [0.4, 0.5) is 25.8 Å². The number of aryl methyl sites for hydroxylation is 4. The maximum atomic E-state index is 13.6. The first-order valence-electron chi connectivity index (χ1n) is 12.2. The maximum Gasteiger partial charge on any atom is 0.277 e. The summed E-state index contributed by atoms with van der Waals surface area (Å²) < 4.78 is 54.5. The molecule has 0 unspecified atom stereocenters. The lowest BCUT2D eigenvalue weighted by Gasteiger charge is -2.15. The van der Waals surface area contributed by atoms with E-state index in [9.17, 15) is 17.2 Å². The molecule has 0 aliphatic carbocycles. The highest BCUT2D eigenvalue weighted by Gasteiger charge is 2.27. The number of pyridine rings is 1. The molecule has 0 bridgehead atoms. The predicted molar refractivity (Wildman–Crippen MR) is 145 cm³/mol. The fourth-order valence-corrected chi connectivity index (χ4v) is 5.40. The van der Waals surface area contributed by atoms with Gasteiger partial charge >= 0.3 is 0 Å². The monoisotopic (exact) mass is 551 g/mol. The molecule has 1 aromatic carbocycles. The van der Waals surface area contributed by atoms with Crippen molar-refractivity contribution >= 4 is 32.6 Å². The molecule has 0 saturated carbocycles. The summed E-state index contributed by atoms with van der Waals surface area (Å²) in [6.07, 6.45) is 2.12. The fourth-order valence-electron chi connectivity index (χ4n) is 4.54. The van der Waals surface area contributed by atoms with Crippen LogP contribution in [0.25, 0.3) is 11.3 Å². The summed E-state index contributed by atoms with van der Waals surface area (Å²) in [5, 5.41) is 7.60. The smallest absolute Gasteiger partial charge is 0.277 e. The summed E-state index contributed by atoms with van der Waals surface area (Å²) in [5.74, 6) is 0. The zero-order valence-corrected chi connectivity index (χ0v) is 22.9. The van der Waals surface area contributed by atoms with Crippen molar-refractivity contribution in [2.45, 2.75) is 44.9 Å². The highest BCUT2D eigenvalue weighted by Crippen LogP contribution is 2.39. The molecule has 4 aromatic rings. The molecule has 1 aliphatic heterocycles. The Morgan fingerprint density at radius 3 is 2.46 bits per heavy atom. The molecule has 4 heterocycles. The van der Waals surface area contributed by atoms with Gasteiger partial charge in [-0.15, -0.1) is 0 Å². The molecular formula is C27H27F2N7O2S. The maximum absolute atomic E-state index is 13.6. The third-order valence-electron chi connectivity index (χ3n) is 6.51. The number of hydrogen-bond acceptors (Lipinski definition) is 8. The lowest BCUT2D eigenvalue weighted by Crippen LogP contribution is -2.10. The van der Waals surface area contributed by atoms with Crippen LogP contribution in [-0.2, 0) is 29.7 Å². The highest BCUT2D eigenvalue weighted by atomic mass is 32.2. The lowest BCUT2D eigenvalue weighted by atomic mass is 10.1. The number of aromatic nitrogens is 5. The molecule has 202 valence electrons. The van der Waals surface area contributed by atoms with Crippen LogP contribution in [0, 0.1) is 20.8 Å². The Bertz CT molecular complexity index is 1750. The van der Waals surface area contributed by atoms with Crippen molar-refractivity contribution in [3.63, 3.8) is 0 Å². The minimum atomic E-state index is -3.68. The summed E-state index contributed by atoms with van der Waals surface area (Å²) in [7, 11) is -1.89. The number of rotatable bonds is 7. The standard InChI is InChI=1S/C27H27F2N7O2S/c1-14-13-36(4)35-25(14)17-6-7-20(24(8-17)39(5,37)38)33-21-10-18(9-19-12-30-15(2)16(3)31-19)32-22-11-23(27(28)29)34-26(21)22/h6-8,10,12-13,27H,9,11H2,1-5H3,(H,32,33). The van der Waals surface area contributed by atoms with E-state index in [-0.39, 0.29) is 22.7 Å². The van der Waals surface area contributed by atoms with Gasteiger partial charge in [-0.3, -0.25) is 19.6 Å². The van der Waals surface area contributed by atoms with Crippen molar-refractivity contribution < 1.29 is 17.2 Å². The van der Waals surface area contributed by atoms with Crippen molar-refractivity contribution in [3.05, 3.63) is 70.7 Å². The molecule has 0 spiro atoms. The van der Waals surface area contributed by atoms with E-state index < -0.39 is 16.3 Å². The van der Waals surface area contributed by atoms with Crippen LogP contribution in [0.5, 0.6) is 0 Å². The van der Waals surface area contributed by atoms with Crippen molar-refractivity contribution in [2.75, 3.05) is 11.6 Å². The van der Waals surface area contributed by atoms with Gasteiger partial charge in [-0.25, -0.2) is 22.2 Å². The van der Waals surface area contributed by atoms with Gasteiger partial charge in [0.05, 0.1) is 50.5 Å². The van der Waals surface area contributed by atoms with E-state index in [0.717, 1.165) is 23.2 Å². The molecule has 0 radical (unpaired) electrons. The van der Waals surface area contributed by atoms with E-state index in [1.54, 1.807) is 42.2 Å². The van der Waals surface area contributed by atoms with Crippen LogP contribution in [0.1, 0.15) is 34.0 Å². The van der Waals surface area contributed by atoms with Gasteiger partial charge in [-0.05, 0) is 44.5 Å². The van der Waals surface area contributed by atoms with Gasteiger partial charge in [0, 0.05) is 49.8 Å². The molecule has 0 amide bonds. The Kier molecular flexibility index (Phi) is 6.75. The van der Waals surface area contributed by atoms with Gasteiger partial charge in [0.15, 0.2) is 9.84 Å². The molecule has 1 N–H and O–H groups in total. The minimum absolute atomic E-state index is 0.0493. The van der Waals surface area contributed by atoms with Gasteiger partial charge < -0.3 is 5.32 Å². The number of sulfone groups is 1. The Morgan fingerprint density at radius 1 is 1.05 bits per heavy atom. The summed E-state index contributed by atoms with van der Waals surface area (Å²) in [4.78, 5) is 17.7. The number of fused-ring (bicyclic) bond motifs is 1. The number of halogens is 2. The van der Waals surface area contributed by atoms with E-state index in [2.05, 4.69) is 30.4 Å². The minimum Gasteiger partial charge on any atom is -0.353 e. The second-order valence-electron chi connectivity index (χ2n) is 9.69. The molecule has 12 heteroatoms. The number of alkyl halides is 2. The first-order valence-corrected chi connectivity index (χ1v) is 14.1. The van der Waals surface area contributed by atoms with Crippen LogP contribution < -0.4 is 5.32 Å². The summed E-state index contributed by atoms with van der Waals surface area (Å²) in [6, 6.07) is 6.67. The molecule has 1 aliphatic rings. The van der Waals surface area contributed by atoms with Crippen molar-refractivity contribution in [3.8, 4) is 11.3 Å². The second-order valence-corrected chi connectivity index (χ2v) is 11.7. The van der Waals surface area contributed by atoms with Crippen LogP contribution in [0.15, 0.2) is 46.5 Å². The Morgan fingerprint density at radius 2 is 1.82 bits per heavy atom. The summed E-state index contributed by atoms with van der Waals surface area (Å²) >= 11 is 0. The quantitative estimate of drug-likeness (QED) is 0.350. The zero-order chi connectivity index (χ0) is 28.1. The van der Waals surface area contributed by atoms with E-state index in [4.69, 9.17) is 0 Å².